The summed E-state index contributed by atoms with van der Waals surface area (Å²) in [5, 5.41) is 7.12. The summed E-state index contributed by atoms with van der Waals surface area (Å²) in [4.78, 5) is 30.1. The van der Waals surface area contributed by atoms with E-state index in [2.05, 4.69) is 15.2 Å². The highest BCUT2D eigenvalue weighted by atomic mass is 32.2. The largest absolute Gasteiger partial charge is 0.466 e. The molecule has 0 saturated carbocycles. The van der Waals surface area contributed by atoms with Gasteiger partial charge in [-0.15, -0.1) is 5.10 Å². The molecular weight excluding hydrogens is 371 g/mol. The third kappa shape index (κ3) is 4.85. The lowest BCUT2D eigenvalue weighted by Crippen LogP contribution is -2.41. The van der Waals surface area contributed by atoms with E-state index >= 15 is 0 Å². The van der Waals surface area contributed by atoms with Crippen molar-refractivity contribution in [3.8, 4) is 11.4 Å². The molecule has 0 radical (unpaired) electrons. The smallest absolute Gasteiger partial charge is 0.309 e. The minimum absolute atomic E-state index is 0.0282. The van der Waals surface area contributed by atoms with E-state index in [9.17, 15) is 14.0 Å². The Morgan fingerprint density at radius 1 is 1.33 bits per heavy atom. The maximum Gasteiger partial charge on any atom is 0.309 e. The van der Waals surface area contributed by atoms with Gasteiger partial charge in [0, 0.05) is 13.1 Å². The molecule has 1 saturated heterocycles. The van der Waals surface area contributed by atoms with Crippen LogP contribution in [0.3, 0.4) is 0 Å². The normalized spacial score (nSPS) is 15.0. The van der Waals surface area contributed by atoms with Gasteiger partial charge >= 0.3 is 5.97 Å². The van der Waals surface area contributed by atoms with Crippen molar-refractivity contribution in [3.05, 3.63) is 30.1 Å². The molecule has 2 aromatic rings. The summed E-state index contributed by atoms with van der Waals surface area (Å²) in [5.74, 6) is -0.194. The van der Waals surface area contributed by atoms with Crippen LogP contribution < -0.4 is 0 Å². The monoisotopic (exact) mass is 392 g/mol. The van der Waals surface area contributed by atoms with Crippen molar-refractivity contribution >= 4 is 23.6 Å². The van der Waals surface area contributed by atoms with E-state index in [1.807, 2.05) is 0 Å². The van der Waals surface area contributed by atoms with Gasteiger partial charge in [-0.2, -0.15) is 0 Å². The van der Waals surface area contributed by atoms with Crippen LogP contribution in [0, 0.1) is 11.7 Å². The summed E-state index contributed by atoms with van der Waals surface area (Å²) in [7, 11) is 0. The fraction of sp³-hybridized carbons (Fsp3) is 0.444. The summed E-state index contributed by atoms with van der Waals surface area (Å²) in [6.45, 7) is 3.24. The number of thioether (sulfide) groups is 1. The van der Waals surface area contributed by atoms with Crippen molar-refractivity contribution in [2.24, 2.45) is 5.92 Å². The van der Waals surface area contributed by atoms with Gasteiger partial charge in [-0.25, -0.2) is 9.37 Å². The number of nitrogens with one attached hydrogen (secondary N) is 1. The van der Waals surface area contributed by atoms with Crippen LogP contribution in [0.25, 0.3) is 11.4 Å². The van der Waals surface area contributed by atoms with E-state index in [1.54, 1.807) is 30.0 Å². The van der Waals surface area contributed by atoms with Gasteiger partial charge in [-0.05, 0) is 31.9 Å². The van der Waals surface area contributed by atoms with Crippen molar-refractivity contribution in [1.82, 2.24) is 20.1 Å². The topological polar surface area (TPSA) is 88.2 Å². The molecule has 1 fully saturated rings. The molecule has 0 unspecified atom stereocenters. The van der Waals surface area contributed by atoms with Crippen LogP contribution in [0.2, 0.25) is 0 Å². The van der Waals surface area contributed by atoms with Gasteiger partial charge in [0.15, 0.2) is 5.82 Å². The van der Waals surface area contributed by atoms with Crippen LogP contribution in [-0.2, 0) is 14.3 Å². The Hall–Kier alpha value is -2.42. The Kier molecular flexibility index (Phi) is 6.44. The average molecular weight is 392 g/mol. The maximum absolute atomic E-state index is 13.8. The van der Waals surface area contributed by atoms with Crippen LogP contribution >= 0.6 is 11.8 Å². The van der Waals surface area contributed by atoms with Crippen LogP contribution in [0.15, 0.2) is 29.4 Å². The van der Waals surface area contributed by atoms with E-state index < -0.39 is 0 Å². The van der Waals surface area contributed by atoms with E-state index in [0.29, 0.717) is 49.1 Å². The number of carbonyl (C=O) groups is 2. The third-order valence-corrected chi connectivity index (χ3v) is 5.22. The zero-order chi connectivity index (χ0) is 19.2. The first-order valence-corrected chi connectivity index (χ1v) is 9.81. The molecule has 1 N–H and O–H groups in total. The molecule has 1 aromatic heterocycles. The van der Waals surface area contributed by atoms with E-state index in [1.165, 1.54) is 17.8 Å². The predicted molar refractivity (Wildman–Crippen MR) is 98.4 cm³/mol. The van der Waals surface area contributed by atoms with Crippen LogP contribution in [-0.4, -0.2) is 57.4 Å². The van der Waals surface area contributed by atoms with Crippen molar-refractivity contribution in [2.75, 3.05) is 25.4 Å². The minimum Gasteiger partial charge on any atom is -0.466 e. The number of amides is 1. The van der Waals surface area contributed by atoms with Crippen molar-refractivity contribution in [2.45, 2.75) is 24.9 Å². The van der Waals surface area contributed by atoms with Crippen LogP contribution in [0.1, 0.15) is 19.8 Å². The molecule has 7 nitrogen and oxygen atoms in total. The van der Waals surface area contributed by atoms with Gasteiger partial charge in [0.2, 0.25) is 11.1 Å². The molecule has 9 heteroatoms. The molecule has 0 spiro atoms. The number of likely N-dealkylation sites (tertiary alicyclic amines) is 1. The minimum atomic E-state index is -0.384. The SMILES string of the molecule is CCOC(=O)C1CCN(C(=O)CSc2n[nH]c(-c3ccccc3F)n2)CC1. The second kappa shape index (κ2) is 8.98. The molecule has 3 rings (SSSR count). The summed E-state index contributed by atoms with van der Waals surface area (Å²) < 4.78 is 18.8. The van der Waals surface area contributed by atoms with Gasteiger partial charge in [0.05, 0.1) is 23.8 Å². The number of benzene rings is 1. The maximum atomic E-state index is 13.8. The van der Waals surface area contributed by atoms with Gasteiger partial charge in [-0.3, -0.25) is 14.7 Å². The van der Waals surface area contributed by atoms with Crippen molar-refractivity contribution < 1.29 is 18.7 Å². The molecule has 1 aromatic carbocycles. The lowest BCUT2D eigenvalue weighted by atomic mass is 9.97. The summed E-state index contributed by atoms with van der Waals surface area (Å²) in [6.07, 6.45) is 1.24. The second-order valence-electron chi connectivity index (χ2n) is 6.14. The Morgan fingerprint density at radius 2 is 2.07 bits per heavy atom. The Morgan fingerprint density at radius 3 is 2.78 bits per heavy atom. The Balaban J connectivity index is 1.49. The predicted octanol–water partition coefficient (Wildman–Crippen LogP) is 2.50. The number of nitrogens with zero attached hydrogens (tertiary/aromatic N) is 3. The number of piperidine rings is 1. The van der Waals surface area contributed by atoms with Gasteiger partial charge in [-0.1, -0.05) is 23.9 Å². The fourth-order valence-electron chi connectivity index (χ4n) is 2.93. The zero-order valence-electron chi connectivity index (χ0n) is 15.0. The van der Waals surface area contributed by atoms with Crippen molar-refractivity contribution in [3.63, 3.8) is 0 Å². The number of esters is 1. The Bertz CT molecular complexity index is 805. The molecule has 2 heterocycles. The molecule has 27 heavy (non-hydrogen) atoms. The lowest BCUT2D eigenvalue weighted by molar-refractivity contribution is -0.151. The molecule has 1 aliphatic heterocycles. The first kappa shape index (κ1) is 19.3. The van der Waals surface area contributed by atoms with E-state index in [-0.39, 0.29) is 29.4 Å². The van der Waals surface area contributed by atoms with Crippen LogP contribution in [0.4, 0.5) is 4.39 Å². The molecule has 0 aliphatic carbocycles. The number of hydrogen-bond donors (Lipinski definition) is 1. The van der Waals surface area contributed by atoms with E-state index in [4.69, 9.17) is 4.74 Å². The summed E-state index contributed by atoms with van der Waals surface area (Å²) in [6, 6.07) is 6.29. The Labute approximate surface area is 160 Å². The van der Waals surface area contributed by atoms with E-state index in [0.717, 1.165) is 0 Å². The molecule has 0 bridgehead atoms. The highest BCUT2D eigenvalue weighted by molar-refractivity contribution is 7.99. The first-order chi connectivity index (χ1) is 13.1. The van der Waals surface area contributed by atoms with Crippen LogP contribution in [0.5, 0.6) is 0 Å². The highest BCUT2D eigenvalue weighted by Gasteiger charge is 2.28. The highest BCUT2D eigenvalue weighted by Crippen LogP contribution is 2.23. The standard InChI is InChI=1S/C18H21FN4O3S/c1-2-26-17(25)12-7-9-23(10-8-12)15(24)11-27-18-20-16(21-22-18)13-5-3-4-6-14(13)19/h3-6,12H,2,7-11H2,1H3,(H,20,21,22). The van der Waals surface area contributed by atoms with Gasteiger partial charge < -0.3 is 9.64 Å². The number of halogens is 1. The van der Waals surface area contributed by atoms with Gasteiger partial charge in [0.1, 0.15) is 5.82 Å². The first-order valence-electron chi connectivity index (χ1n) is 8.83. The average Bonchev–Trinajstić information content (AvgIpc) is 3.15. The molecule has 1 amide bonds. The zero-order valence-corrected chi connectivity index (χ0v) is 15.8. The molecule has 1 aliphatic rings. The number of carbonyl (C=O) groups excluding carboxylic acids is 2. The number of aromatic nitrogens is 3. The summed E-state index contributed by atoms with van der Waals surface area (Å²) in [5.41, 5.74) is 0.337. The van der Waals surface area contributed by atoms with Gasteiger partial charge in [0.25, 0.3) is 0 Å². The number of H-pyrrole nitrogens is 1. The molecule has 0 atom stereocenters. The number of rotatable bonds is 6. The number of hydrogen-bond acceptors (Lipinski definition) is 6. The number of ether oxygens (including phenoxy) is 1. The second-order valence-corrected chi connectivity index (χ2v) is 7.08. The molecular formula is C18H21FN4O3S. The molecule has 144 valence electrons. The quantitative estimate of drug-likeness (QED) is 0.600. The van der Waals surface area contributed by atoms with Crippen molar-refractivity contribution in [1.29, 1.82) is 0 Å². The lowest BCUT2D eigenvalue weighted by Gasteiger charge is -2.30. The fourth-order valence-corrected chi connectivity index (χ4v) is 3.63. The number of aromatic amines is 1. The summed E-state index contributed by atoms with van der Waals surface area (Å²) >= 11 is 1.20. The third-order valence-electron chi connectivity index (χ3n) is 4.39.